The third-order valence-electron chi connectivity index (χ3n) is 3.90. The van der Waals surface area contributed by atoms with Crippen molar-refractivity contribution in [2.45, 2.75) is 0 Å². The second-order valence-electron chi connectivity index (χ2n) is 5.63. The normalized spacial score (nSPS) is 12.5. The highest BCUT2D eigenvalue weighted by Crippen LogP contribution is 2.37. The van der Waals surface area contributed by atoms with Crippen molar-refractivity contribution in [1.82, 2.24) is 10.4 Å². The Balaban J connectivity index is 1.45. The average Bonchev–Trinajstić information content (AvgIpc) is 3.11. The van der Waals surface area contributed by atoms with Gasteiger partial charge in [-0.25, -0.2) is 9.78 Å². The van der Waals surface area contributed by atoms with Gasteiger partial charge in [-0.05, 0) is 24.3 Å². The summed E-state index contributed by atoms with van der Waals surface area (Å²) < 4.78 is 16.7. The van der Waals surface area contributed by atoms with E-state index in [1.165, 1.54) is 30.6 Å². The third kappa shape index (κ3) is 3.49. The number of methoxy groups -OCH3 is 1. The Labute approximate surface area is 158 Å². The highest BCUT2D eigenvalue weighted by Gasteiger charge is 2.15. The van der Waals surface area contributed by atoms with E-state index in [1.807, 2.05) is 12.1 Å². The molecule has 0 bridgehead atoms. The van der Waals surface area contributed by atoms with Crippen LogP contribution in [0.2, 0.25) is 0 Å². The standard InChI is InChI=1S/C18H15N3O5S/c1-24-17(23)11-4-2-10(3-5-11)16(22)20-21-18-19-12-8-13-14(9-15(12)27-18)26-7-6-25-13/h2-5,8-9H,6-7H2,1H3,(H,19,21)(H,20,22). The van der Waals surface area contributed by atoms with Gasteiger partial charge >= 0.3 is 5.97 Å². The maximum absolute atomic E-state index is 12.2. The lowest BCUT2D eigenvalue weighted by atomic mass is 10.1. The molecule has 9 heteroatoms. The number of thiazole rings is 1. The number of hydrogen-bond donors (Lipinski definition) is 2. The van der Waals surface area contributed by atoms with Crippen LogP contribution in [0.4, 0.5) is 5.13 Å². The van der Waals surface area contributed by atoms with Crippen molar-refractivity contribution in [3.63, 3.8) is 0 Å². The minimum atomic E-state index is -0.454. The highest BCUT2D eigenvalue weighted by atomic mass is 32.1. The molecule has 0 atom stereocenters. The van der Waals surface area contributed by atoms with E-state index in [9.17, 15) is 9.59 Å². The molecular formula is C18H15N3O5S. The largest absolute Gasteiger partial charge is 0.486 e. The van der Waals surface area contributed by atoms with Gasteiger partial charge in [0.1, 0.15) is 13.2 Å². The van der Waals surface area contributed by atoms with Crippen LogP contribution in [0.1, 0.15) is 20.7 Å². The minimum absolute atomic E-state index is 0.350. The van der Waals surface area contributed by atoms with E-state index < -0.39 is 5.97 Å². The van der Waals surface area contributed by atoms with Crippen LogP contribution in [0.15, 0.2) is 36.4 Å². The summed E-state index contributed by atoms with van der Waals surface area (Å²) in [5, 5.41) is 0.534. The van der Waals surface area contributed by atoms with Crippen molar-refractivity contribution < 1.29 is 23.8 Å². The van der Waals surface area contributed by atoms with E-state index in [0.29, 0.717) is 41.0 Å². The number of fused-ring (bicyclic) bond motifs is 2. The lowest BCUT2D eigenvalue weighted by Crippen LogP contribution is -2.29. The van der Waals surface area contributed by atoms with Gasteiger partial charge in [0.15, 0.2) is 11.5 Å². The topological polar surface area (TPSA) is 98.8 Å². The van der Waals surface area contributed by atoms with Gasteiger partial charge in [-0.3, -0.25) is 15.6 Å². The summed E-state index contributed by atoms with van der Waals surface area (Å²) in [5.74, 6) is 0.556. The summed E-state index contributed by atoms with van der Waals surface area (Å²) in [6.07, 6.45) is 0. The van der Waals surface area contributed by atoms with Crippen molar-refractivity contribution >= 4 is 38.6 Å². The SMILES string of the molecule is COC(=O)c1ccc(C(=O)NNc2nc3cc4c(cc3s2)OCCO4)cc1. The van der Waals surface area contributed by atoms with E-state index in [4.69, 9.17) is 9.47 Å². The van der Waals surface area contributed by atoms with Gasteiger partial charge in [0.2, 0.25) is 5.13 Å². The molecule has 1 aliphatic rings. The number of nitrogens with zero attached hydrogens (tertiary/aromatic N) is 1. The first kappa shape index (κ1) is 17.1. The van der Waals surface area contributed by atoms with E-state index in [1.54, 1.807) is 12.1 Å². The molecule has 27 heavy (non-hydrogen) atoms. The predicted octanol–water partition coefficient (Wildman–Crippen LogP) is 2.61. The zero-order chi connectivity index (χ0) is 18.8. The number of nitrogens with one attached hydrogen (secondary N) is 2. The Morgan fingerprint density at radius 2 is 1.74 bits per heavy atom. The van der Waals surface area contributed by atoms with Gasteiger partial charge in [-0.1, -0.05) is 11.3 Å². The number of anilines is 1. The van der Waals surface area contributed by atoms with Crippen LogP contribution in [0, 0.1) is 0 Å². The molecule has 1 aromatic heterocycles. The fraction of sp³-hybridized carbons (Fsp3) is 0.167. The van der Waals surface area contributed by atoms with Gasteiger partial charge < -0.3 is 14.2 Å². The van der Waals surface area contributed by atoms with E-state index in [0.717, 1.165) is 10.2 Å². The summed E-state index contributed by atoms with van der Waals surface area (Å²) in [7, 11) is 1.31. The first-order valence-corrected chi connectivity index (χ1v) is 8.90. The second-order valence-corrected chi connectivity index (χ2v) is 6.66. The Morgan fingerprint density at radius 1 is 1.07 bits per heavy atom. The maximum Gasteiger partial charge on any atom is 0.337 e. The average molecular weight is 385 g/mol. The number of amides is 1. The van der Waals surface area contributed by atoms with Gasteiger partial charge in [0, 0.05) is 17.7 Å². The van der Waals surface area contributed by atoms with Gasteiger partial charge in [0.05, 0.1) is 22.9 Å². The number of carbonyl (C=O) groups excluding carboxylic acids is 2. The maximum atomic E-state index is 12.2. The van der Waals surface area contributed by atoms with E-state index >= 15 is 0 Å². The summed E-state index contributed by atoms with van der Waals surface area (Å²) >= 11 is 1.38. The van der Waals surface area contributed by atoms with Crippen LogP contribution in [0.25, 0.3) is 10.2 Å². The summed E-state index contributed by atoms with van der Waals surface area (Å²) in [6.45, 7) is 1.03. The summed E-state index contributed by atoms with van der Waals surface area (Å²) in [5.41, 5.74) is 6.92. The van der Waals surface area contributed by atoms with Gasteiger partial charge in [-0.15, -0.1) is 0 Å². The summed E-state index contributed by atoms with van der Waals surface area (Å²) in [6, 6.07) is 9.85. The minimum Gasteiger partial charge on any atom is -0.486 e. The molecule has 0 aliphatic carbocycles. The monoisotopic (exact) mass is 385 g/mol. The smallest absolute Gasteiger partial charge is 0.337 e. The van der Waals surface area contributed by atoms with E-state index in [-0.39, 0.29) is 5.91 Å². The molecule has 2 heterocycles. The number of esters is 1. The van der Waals surface area contributed by atoms with Crippen LogP contribution in [-0.2, 0) is 4.74 Å². The lowest BCUT2D eigenvalue weighted by molar-refractivity contribution is 0.0600. The number of ether oxygens (including phenoxy) is 3. The Kier molecular flexibility index (Phi) is 4.51. The molecular weight excluding hydrogens is 370 g/mol. The Morgan fingerprint density at radius 3 is 2.44 bits per heavy atom. The molecule has 4 rings (SSSR count). The Bertz CT molecular complexity index is 973. The number of rotatable bonds is 4. The van der Waals surface area contributed by atoms with Crippen molar-refractivity contribution in [1.29, 1.82) is 0 Å². The second kappa shape index (κ2) is 7.12. The predicted molar refractivity (Wildman–Crippen MR) is 99.5 cm³/mol. The number of hydrazine groups is 1. The van der Waals surface area contributed by atoms with Crippen molar-refractivity contribution in [2.24, 2.45) is 0 Å². The zero-order valence-electron chi connectivity index (χ0n) is 14.3. The van der Waals surface area contributed by atoms with Crippen LogP contribution in [0.5, 0.6) is 11.5 Å². The third-order valence-corrected chi connectivity index (χ3v) is 4.84. The number of aromatic nitrogens is 1. The molecule has 0 unspecified atom stereocenters. The molecule has 0 spiro atoms. The molecule has 0 fully saturated rings. The molecule has 0 saturated heterocycles. The van der Waals surface area contributed by atoms with Crippen molar-refractivity contribution in [3.8, 4) is 11.5 Å². The van der Waals surface area contributed by atoms with Crippen LogP contribution >= 0.6 is 11.3 Å². The Hall–Kier alpha value is -3.33. The fourth-order valence-corrected chi connectivity index (χ4v) is 3.41. The van der Waals surface area contributed by atoms with Gasteiger partial charge in [-0.2, -0.15) is 0 Å². The van der Waals surface area contributed by atoms with Crippen LogP contribution < -0.4 is 20.3 Å². The van der Waals surface area contributed by atoms with Crippen molar-refractivity contribution in [2.75, 3.05) is 25.7 Å². The van der Waals surface area contributed by atoms with Gasteiger partial charge in [0.25, 0.3) is 5.91 Å². The van der Waals surface area contributed by atoms with E-state index in [2.05, 4.69) is 20.6 Å². The summed E-state index contributed by atoms with van der Waals surface area (Å²) in [4.78, 5) is 28.1. The zero-order valence-corrected chi connectivity index (χ0v) is 15.1. The molecule has 138 valence electrons. The molecule has 0 saturated carbocycles. The molecule has 3 aromatic rings. The number of carbonyl (C=O) groups is 2. The molecule has 8 nitrogen and oxygen atoms in total. The molecule has 2 N–H and O–H groups in total. The molecule has 1 amide bonds. The quantitative estimate of drug-likeness (QED) is 0.526. The van der Waals surface area contributed by atoms with Crippen molar-refractivity contribution in [3.05, 3.63) is 47.5 Å². The highest BCUT2D eigenvalue weighted by molar-refractivity contribution is 7.22. The number of hydrogen-bond acceptors (Lipinski definition) is 8. The molecule has 2 aromatic carbocycles. The molecule has 1 aliphatic heterocycles. The van der Waals surface area contributed by atoms with Crippen LogP contribution in [-0.4, -0.2) is 37.2 Å². The molecule has 0 radical (unpaired) electrons. The lowest BCUT2D eigenvalue weighted by Gasteiger charge is -2.17. The first-order chi connectivity index (χ1) is 13.1. The van der Waals surface area contributed by atoms with Crippen LogP contribution in [0.3, 0.4) is 0 Å². The number of benzene rings is 2. The first-order valence-electron chi connectivity index (χ1n) is 8.09. The fourth-order valence-electron chi connectivity index (χ4n) is 2.58.